The number of aromatic nitrogens is 1. The van der Waals surface area contributed by atoms with E-state index in [0.717, 1.165) is 10.9 Å². The fourth-order valence-corrected chi connectivity index (χ4v) is 4.64. The minimum atomic E-state index is -1.36. The topological polar surface area (TPSA) is 152 Å². The fraction of sp³-hybridized carbons (Fsp3) is 0.226. The van der Waals surface area contributed by atoms with Crippen LogP contribution in [-0.2, 0) is 22.6 Å². The van der Waals surface area contributed by atoms with Crippen LogP contribution in [0, 0.1) is 5.82 Å². The Morgan fingerprint density at radius 2 is 1.59 bits per heavy atom. The average Bonchev–Trinajstić information content (AvgIpc) is 2.98. The second-order valence-electron chi connectivity index (χ2n) is 9.74. The van der Waals surface area contributed by atoms with Gasteiger partial charge in [0.05, 0.1) is 24.1 Å². The number of para-hydroxylation sites is 1. The van der Waals surface area contributed by atoms with Gasteiger partial charge in [0, 0.05) is 18.5 Å². The molecule has 3 amide bonds. The van der Waals surface area contributed by atoms with Crippen LogP contribution < -0.4 is 16.8 Å². The first-order chi connectivity index (χ1) is 19.7. The van der Waals surface area contributed by atoms with E-state index in [1.165, 1.54) is 35.2 Å². The first kappa shape index (κ1) is 29.3. The highest BCUT2D eigenvalue weighted by Gasteiger charge is 2.35. The molecule has 9 nitrogen and oxygen atoms in total. The highest BCUT2D eigenvalue weighted by molar-refractivity contribution is 5.99. The van der Waals surface area contributed by atoms with E-state index in [-0.39, 0.29) is 25.2 Å². The smallest absolute Gasteiger partial charge is 0.270 e. The Kier molecular flexibility index (Phi) is 9.73. The highest BCUT2D eigenvalue weighted by atomic mass is 19.1. The summed E-state index contributed by atoms with van der Waals surface area (Å²) in [5, 5.41) is 14.4. The first-order valence-electron chi connectivity index (χ1n) is 13.2. The van der Waals surface area contributed by atoms with Gasteiger partial charge in [-0.05, 0) is 41.8 Å². The molecule has 3 unspecified atom stereocenters. The molecular weight excluding hydrogens is 525 g/mol. The molecular formula is C31H32FN5O4. The van der Waals surface area contributed by atoms with E-state index in [1.54, 1.807) is 18.2 Å². The van der Waals surface area contributed by atoms with E-state index < -0.39 is 48.1 Å². The lowest BCUT2D eigenvalue weighted by Crippen LogP contribution is -2.57. The van der Waals surface area contributed by atoms with Crippen LogP contribution in [0.3, 0.4) is 0 Å². The molecule has 0 aliphatic heterocycles. The lowest BCUT2D eigenvalue weighted by molar-refractivity contribution is -0.140. The predicted octanol–water partition coefficient (Wildman–Crippen LogP) is 2.31. The molecule has 41 heavy (non-hydrogen) atoms. The number of amides is 3. The van der Waals surface area contributed by atoms with Crippen molar-refractivity contribution in [2.45, 2.75) is 37.6 Å². The minimum absolute atomic E-state index is 0.0486. The molecule has 6 N–H and O–H groups in total. The Labute approximate surface area is 237 Å². The molecule has 0 radical (unpaired) electrons. The normalized spacial score (nSPS) is 13.2. The highest BCUT2D eigenvalue weighted by Crippen LogP contribution is 2.20. The number of primary amides is 1. The number of aliphatic hydroxyl groups excluding tert-OH is 1. The van der Waals surface area contributed by atoms with Crippen LogP contribution in [-0.4, -0.2) is 57.4 Å². The number of hydrogen-bond acceptors (Lipinski definition) is 6. The summed E-state index contributed by atoms with van der Waals surface area (Å²) in [6, 6.07) is 23.1. The van der Waals surface area contributed by atoms with Crippen molar-refractivity contribution in [1.29, 1.82) is 0 Å². The van der Waals surface area contributed by atoms with E-state index in [2.05, 4.69) is 10.3 Å². The second-order valence-corrected chi connectivity index (χ2v) is 9.74. The summed E-state index contributed by atoms with van der Waals surface area (Å²) < 4.78 is 13.6. The number of rotatable bonds is 12. The monoisotopic (exact) mass is 557 g/mol. The zero-order chi connectivity index (χ0) is 29.4. The molecule has 10 heteroatoms. The Morgan fingerprint density at radius 3 is 2.27 bits per heavy atom. The van der Waals surface area contributed by atoms with Crippen LogP contribution in [0.1, 0.15) is 28.0 Å². The van der Waals surface area contributed by atoms with Crippen LogP contribution in [0.25, 0.3) is 10.9 Å². The van der Waals surface area contributed by atoms with E-state index in [0.29, 0.717) is 11.1 Å². The molecule has 0 aliphatic rings. The maximum atomic E-state index is 14.1. The summed E-state index contributed by atoms with van der Waals surface area (Å²) in [4.78, 5) is 45.2. The lowest BCUT2D eigenvalue weighted by Gasteiger charge is -2.37. The Balaban J connectivity index is 1.69. The third-order valence-electron chi connectivity index (χ3n) is 6.76. The zero-order valence-corrected chi connectivity index (χ0v) is 22.3. The summed E-state index contributed by atoms with van der Waals surface area (Å²) in [5.74, 6) is -2.58. The van der Waals surface area contributed by atoms with Crippen molar-refractivity contribution in [2.75, 3.05) is 6.54 Å². The number of nitrogens with one attached hydrogen (secondary N) is 1. The third kappa shape index (κ3) is 7.71. The molecule has 0 saturated heterocycles. The molecule has 3 aromatic carbocycles. The standard InChI is InChI=1S/C31H32FN5O4/c32-23-13-10-21(11-14-23)19-37(27(28(38)18-33)16-20-6-2-1-3-7-20)31(41)26(17-29(34)39)36-30(40)25-15-12-22-8-4-5-9-24(22)35-25/h1-15,26-28,38H,16-19,33H2,(H2,34,39)(H,36,40). The van der Waals surface area contributed by atoms with Crippen molar-refractivity contribution in [2.24, 2.45) is 11.5 Å². The number of nitrogens with zero attached hydrogens (tertiary/aromatic N) is 2. The van der Waals surface area contributed by atoms with Gasteiger partial charge in [-0.2, -0.15) is 0 Å². The van der Waals surface area contributed by atoms with Gasteiger partial charge < -0.3 is 26.8 Å². The Hall–Kier alpha value is -4.67. The number of hydrogen-bond donors (Lipinski definition) is 4. The van der Waals surface area contributed by atoms with Crippen molar-refractivity contribution < 1.29 is 23.9 Å². The van der Waals surface area contributed by atoms with Gasteiger partial charge in [0.15, 0.2) is 0 Å². The molecule has 4 rings (SSSR count). The van der Waals surface area contributed by atoms with E-state index in [4.69, 9.17) is 11.5 Å². The number of halogens is 1. The SMILES string of the molecule is NCC(O)C(Cc1ccccc1)N(Cc1ccc(F)cc1)C(=O)C(CC(N)=O)NC(=O)c1ccc2ccccc2n1. The van der Waals surface area contributed by atoms with Crippen LogP contribution in [0.2, 0.25) is 0 Å². The fourth-order valence-electron chi connectivity index (χ4n) is 4.64. The number of benzene rings is 3. The zero-order valence-electron chi connectivity index (χ0n) is 22.3. The molecule has 0 aliphatic carbocycles. The van der Waals surface area contributed by atoms with Crippen molar-refractivity contribution >= 4 is 28.6 Å². The molecule has 0 fully saturated rings. The van der Waals surface area contributed by atoms with Gasteiger partial charge in [-0.15, -0.1) is 0 Å². The van der Waals surface area contributed by atoms with Crippen molar-refractivity contribution in [3.8, 4) is 0 Å². The number of carbonyl (C=O) groups excluding carboxylic acids is 3. The molecule has 0 saturated carbocycles. The van der Waals surface area contributed by atoms with E-state index in [1.807, 2.05) is 42.5 Å². The summed E-state index contributed by atoms with van der Waals surface area (Å²) in [5.41, 5.74) is 13.4. The number of aliphatic hydroxyl groups is 1. The van der Waals surface area contributed by atoms with Crippen LogP contribution in [0.15, 0.2) is 91.0 Å². The van der Waals surface area contributed by atoms with Crippen LogP contribution in [0.4, 0.5) is 4.39 Å². The van der Waals surface area contributed by atoms with Gasteiger partial charge in [-0.3, -0.25) is 14.4 Å². The molecule has 0 bridgehead atoms. The second kappa shape index (κ2) is 13.6. The summed E-state index contributed by atoms with van der Waals surface area (Å²) in [6.07, 6.45) is -1.41. The Bertz CT molecular complexity index is 1500. The summed E-state index contributed by atoms with van der Waals surface area (Å²) >= 11 is 0. The number of nitrogens with two attached hydrogens (primary N) is 2. The predicted molar refractivity (Wildman–Crippen MR) is 153 cm³/mol. The maximum absolute atomic E-state index is 14.1. The third-order valence-corrected chi connectivity index (χ3v) is 6.76. The van der Waals surface area contributed by atoms with Gasteiger partial charge in [-0.1, -0.05) is 66.7 Å². The van der Waals surface area contributed by atoms with Gasteiger partial charge in [0.2, 0.25) is 11.8 Å². The molecule has 0 spiro atoms. The lowest BCUT2D eigenvalue weighted by atomic mass is 9.97. The number of carbonyl (C=O) groups is 3. The van der Waals surface area contributed by atoms with E-state index >= 15 is 0 Å². The summed E-state index contributed by atoms with van der Waals surface area (Å²) in [7, 11) is 0. The van der Waals surface area contributed by atoms with Crippen LogP contribution >= 0.6 is 0 Å². The maximum Gasteiger partial charge on any atom is 0.270 e. The van der Waals surface area contributed by atoms with E-state index in [9.17, 15) is 23.9 Å². The molecule has 3 atom stereocenters. The number of pyridine rings is 1. The minimum Gasteiger partial charge on any atom is -0.390 e. The van der Waals surface area contributed by atoms with Crippen molar-refractivity contribution in [3.05, 3.63) is 114 Å². The average molecular weight is 558 g/mol. The van der Waals surface area contributed by atoms with Gasteiger partial charge in [0.25, 0.3) is 5.91 Å². The van der Waals surface area contributed by atoms with Gasteiger partial charge in [0.1, 0.15) is 17.6 Å². The van der Waals surface area contributed by atoms with Gasteiger partial charge in [-0.25, -0.2) is 9.37 Å². The Morgan fingerprint density at radius 1 is 0.902 bits per heavy atom. The first-order valence-corrected chi connectivity index (χ1v) is 13.2. The summed E-state index contributed by atoms with van der Waals surface area (Å²) in [6.45, 7) is -0.203. The molecule has 212 valence electrons. The van der Waals surface area contributed by atoms with Crippen molar-refractivity contribution in [1.82, 2.24) is 15.2 Å². The largest absolute Gasteiger partial charge is 0.390 e. The van der Waals surface area contributed by atoms with Crippen LogP contribution in [0.5, 0.6) is 0 Å². The number of fused-ring (bicyclic) bond motifs is 1. The quantitative estimate of drug-likeness (QED) is 0.210. The van der Waals surface area contributed by atoms with Crippen molar-refractivity contribution in [3.63, 3.8) is 0 Å². The molecule has 4 aromatic rings. The molecule has 1 aromatic heterocycles. The molecule has 1 heterocycles. The van der Waals surface area contributed by atoms with Gasteiger partial charge >= 0.3 is 0 Å².